The van der Waals surface area contributed by atoms with Crippen LogP contribution in [0, 0.1) is 11.7 Å². The zero-order valence-electron chi connectivity index (χ0n) is 13.9. The Morgan fingerprint density at radius 1 is 1.24 bits per heavy atom. The van der Waals surface area contributed by atoms with Gasteiger partial charge >= 0.3 is 0 Å². The number of anilines is 2. The van der Waals surface area contributed by atoms with Gasteiger partial charge in [0.05, 0.1) is 11.7 Å². The number of hydrogen-bond acceptors (Lipinski definition) is 5. The lowest BCUT2D eigenvalue weighted by molar-refractivity contribution is 0.111. The van der Waals surface area contributed by atoms with Gasteiger partial charge < -0.3 is 16.2 Å². The topological polar surface area (TPSA) is 88.2 Å². The second-order valence-corrected chi connectivity index (χ2v) is 6.54. The first kappa shape index (κ1) is 17.4. The molecule has 0 spiro atoms. The number of nitrogens with one attached hydrogen (secondary N) is 1. The van der Waals surface area contributed by atoms with Gasteiger partial charge in [0, 0.05) is 29.6 Å². The van der Waals surface area contributed by atoms with E-state index in [1.165, 1.54) is 6.07 Å². The normalized spacial score (nSPS) is 20.2. The van der Waals surface area contributed by atoms with Crippen LogP contribution in [0.2, 0.25) is 0 Å². The molecule has 0 radical (unpaired) electrons. The van der Waals surface area contributed by atoms with Crippen molar-refractivity contribution in [3.05, 3.63) is 41.8 Å². The minimum Gasteiger partial charge on any atom is -0.398 e. The smallest absolute Gasteiger partial charge is 0.155 e. The molecule has 5 nitrogen and oxygen atoms in total. The van der Waals surface area contributed by atoms with Crippen LogP contribution in [0.3, 0.4) is 0 Å². The lowest BCUT2D eigenvalue weighted by Gasteiger charge is -2.25. The van der Waals surface area contributed by atoms with Crippen molar-refractivity contribution in [1.82, 2.24) is 4.98 Å². The van der Waals surface area contributed by atoms with Gasteiger partial charge in [0.15, 0.2) is 6.29 Å². The third-order valence-corrected chi connectivity index (χ3v) is 4.79. The molecule has 1 aliphatic carbocycles. The Balaban J connectivity index is 1.67. The predicted molar refractivity (Wildman–Crippen MR) is 95.9 cm³/mol. The Kier molecular flexibility index (Phi) is 5.28. The van der Waals surface area contributed by atoms with E-state index in [9.17, 15) is 14.3 Å². The average Bonchev–Trinajstić information content (AvgIpc) is 2.62. The van der Waals surface area contributed by atoms with Crippen LogP contribution in [0.1, 0.15) is 36.0 Å². The number of carbonyl (C=O) groups is 1. The van der Waals surface area contributed by atoms with E-state index in [2.05, 4.69) is 10.3 Å². The molecule has 0 aliphatic heterocycles. The van der Waals surface area contributed by atoms with E-state index in [1.54, 1.807) is 24.4 Å². The Bertz CT molecular complexity index is 741. The van der Waals surface area contributed by atoms with Gasteiger partial charge in [-0.2, -0.15) is 0 Å². The van der Waals surface area contributed by atoms with Crippen molar-refractivity contribution in [3.8, 4) is 11.1 Å². The fourth-order valence-corrected chi connectivity index (χ4v) is 3.21. The number of benzene rings is 1. The predicted octanol–water partition coefficient (Wildman–Crippen LogP) is 3.25. The minimum atomic E-state index is -0.627. The van der Waals surface area contributed by atoms with Crippen LogP contribution in [-0.4, -0.2) is 29.0 Å². The largest absolute Gasteiger partial charge is 0.398 e. The molecule has 6 heteroatoms. The Hall–Kier alpha value is -2.47. The van der Waals surface area contributed by atoms with E-state index in [0.29, 0.717) is 23.3 Å². The summed E-state index contributed by atoms with van der Waals surface area (Å²) in [6.07, 6.45) is 5.59. The highest BCUT2D eigenvalue weighted by molar-refractivity contribution is 5.87. The van der Waals surface area contributed by atoms with Crippen molar-refractivity contribution < 1.29 is 14.3 Å². The summed E-state index contributed by atoms with van der Waals surface area (Å²) < 4.78 is 14.4. The molecule has 0 saturated heterocycles. The van der Waals surface area contributed by atoms with E-state index >= 15 is 0 Å². The number of hydrogen-bond donors (Lipinski definition) is 3. The van der Waals surface area contributed by atoms with Crippen LogP contribution in [0.4, 0.5) is 15.9 Å². The highest BCUT2D eigenvalue weighted by Crippen LogP contribution is 2.28. The first-order chi connectivity index (χ1) is 12.1. The molecule has 0 unspecified atom stereocenters. The van der Waals surface area contributed by atoms with E-state index in [1.807, 2.05) is 0 Å². The number of aldehydes is 1. The SMILES string of the molecule is Nc1ccc(-c2ccc(NCC3CCC(O)CC3)nc2)c(F)c1C=O. The molecule has 1 saturated carbocycles. The lowest BCUT2D eigenvalue weighted by atomic mass is 9.87. The van der Waals surface area contributed by atoms with Crippen LogP contribution < -0.4 is 11.1 Å². The molecule has 2 aromatic rings. The van der Waals surface area contributed by atoms with Crippen molar-refractivity contribution in [2.75, 3.05) is 17.6 Å². The second kappa shape index (κ2) is 7.61. The summed E-state index contributed by atoms with van der Waals surface area (Å²) in [6.45, 7) is 0.810. The minimum absolute atomic E-state index is 0.125. The molecule has 1 aromatic heterocycles. The molecule has 25 heavy (non-hydrogen) atoms. The van der Waals surface area contributed by atoms with Crippen molar-refractivity contribution in [3.63, 3.8) is 0 Å². The van der Waals surface area contributed by atoms with Crippen LogP contribution in [0.5, 0.6) is 0 Å². The summed E-state index contributed by atoms with van der Waals surface area (Å²) in [5.41, 5.74) is 6.50. The highest BCUT2D eigenvalue weighted by Gasteiger charge is 2.19. The molecular formula is C19H22FN3O2. The molecule has 1 aliphatic rings. The highest BCUT2D eigenvalue weighted by atomic mass is 19.1. The van der Waals surface area contributed by atoms with Crippen LogP contribution in [0.15, 0.2) is 30.5 Å². The first-order valence-electron chi connectivity index (χ1n) is 8.50. The number of nitrogens with two attached hydrogens (primary N) is 1. The van der Waals surface area contributed by atoms with Crippen LogP contribution >= 0.6 is 0 Å². The number of aliphatic hydroxyl groups is 1. The number of rotatable bonds is 5. The van der Waals surface area contributed by atoms with Gasteiger partial charge in [0.1, 0.15) is 11.6 Å². The molecule has 0 bridgehead atoms. The van der Waals surface area contributed by atoms with Crippen molar-refractivity contribution in [2.45, 2.75) is 31.8 Å². The van der Waals surface area contributed by atoms with Gasteiger partial charge in [0.25, 0.3) is 0 Å². The molecule has 3 rings (SSSR count). The van der Waals surface area contributed by atoms with Gasteiger partial charge in [-0.05, 0) is 55.9 Å². The van der Waals surface area contributed by atoms with E-state index in [0.717, 1.165) is 38.0 Å². The monoisotopic (exact) mass is 343 g/mol. The molecule has 132 valence electrons. The lowest BCUT2D eigenvalue weighted by Crippen LogP contribution is -2.23. The second-order valence-electron chi connectivity index (χ2n) is 6.54. The summed E-state index contributed by atoms with van der Waals surface area (Å²) in [5.74, 6) is 0.633. The van der Waals surface area contributed by atoms with Crippen molar-refractivity contribution >= 4 is 17.8 Å². The van der Waals surface area contributed by atoms with E-state index < -0.39 is 5.82 Å². The molecule has 4 N–H and O–H groups in total. The van der Waals surface area contributed by atoms with Gasteiger partial charge in [-0.1, -0.05) is 0 Å². The molecular weight excluding hydrogens is 321 g/mol. The van der Waals surface area contributed by atoms with Crippen LogP contribution in [0.25, 0.3) is 11.1 Å². The standard InChI is InChI=1S/C19H22FN3O2/c20-19-15(6-7-17(21)16(19)11-24)13-3-8-18(23-10-13)22-9-12-1-4-14(25)5-2-12/h3,6-8,10-12,14,25H,1-2,4-5,9,21H2,(H,22,23). The fourth-order valence-electron chi connectivity index (χ4n) is 3.21. The van der Waals surface area contributed by atoms with Crippen molar-refractivity contribution in [2.24, 2.45) is 5.92 Å². The summed E-state index contributed by atoms with van der Waals surface area (Å²) in [6, 6.07) is 6.63. The Labute approximate surface area is 146 Å². The van der Waals surface area contributed by atoms with Crippen LogP contribution in [-0.2, 0) is 0 Å². The van der Waals surface area contributed by atoms with Gasteiger partial charge in [-0.15, -0.1) is 0 Å². The number of nitrogens with zero attached hydrogens (tertiary/aromatic N) is 1. The Morgan fingerprint density at radius 3 is 2.64 bits per heavy atom. The van der Waals surface area contributed by atoms with Gasteiger partial charge in [-0.25, -0.2) is 9.37 Å². The number of carbonyl (C=O) groups excluding carboxylic acids is 1. The van der Waals surface area contributed by atoms with Gasteiger partial charge in [0.2, 0.25) is 0 Å². The fraction of sp³-hybridized carbons (Fsp3) is 0.368. The first-order valence-corrected chi connectivity index (χ1v) is 8.50. The zero-order chi connectivity index (χ0) is 17.8. The zero-order valence-corrected chi connectivity index (χ0v) is 13.9. The van der Waals surface area contributed by atoms with E-state index in [-0.39, 0.29) is 17.4 Å². The van der Waals surface area contributed by atoms with Crippen molar-refractivity contribution in [1.29, 1.82) is 0 Å². The summed E-state index contributed by atoms with van der Waals surface area (Å²) in [5, 5.41) is 12.8. The molecule has 1 aromatic carbocycles. The molecule has 1 fully saturated rings. The maximum Gasteiger partial charge on any atom is 0.155 e. The summed E-state index contributed by atoms with van der Waals surface area (Å²) in [7, 11) is 0. The number of aromatic nitrogens is 1. The average molecular weight is 343 g/mol. The maximum absolute atomic E-state index is 14.4. The number of aliphatic hydroxyl groups excluding tert-OH is 1. The third kappa shape index (κ3) is 3.96. The van der Waals surface area contributed by atoms with E-state index in [4.69, 9.17) is 5.73 Å². The third-order valence-electron chi connectivity index (χ3n) is 4.79. The quantitative estimate of drug-likeness (QED) is 0.573. The summed E-state index contributed by atoms with van der Waals surface area (Å²) >= 11 is 0. The number of pyridine rings is 1. The Morgan fingerprint density at radius 2 is 2.00 bits per heavy atom. The van der Waals surface area contributed by atoms with Gasteiger partial charge in [-0.3, -0.25) is 4.79 Å². The number of halogens is 1. The molecule has 0 amide bonds. The molecule has 1 heterocycles. The summed E-state index contributed by atoms with van der Waals surface area (Å²) in [4.78, 5) is 15.3. The molecule has 0 atom stereocenters. The maximum atomic E-state index is 14.4. The number of nitrogen functional groups attached to an aromatic ring is 1.